The third-order valence-electron chi connectivity index (χ3n) is 7.42. The predicted octanol–water partition coefficient (Wildman–Crippen LogP) is 4.46. The van der Waals surface area contributed by atoms with Crippen LogP contribution in [0.25, 0.3) is 0 Å². The van der Waals surface area contributed by atoms with Crippen molar-refractivity contribution < 1.29 is 19.7 Å². The quantitative estimate of drug-likeness (QED) is 0.438. The highest BCUT2D eigenvalue weighted by Crippen LogP contribution is 2.52. The van der Waals surface area contributed by atoms with E-state index >= 15 is 0 Å². The van der Waals surface area contributed by atoms with E-state index in [1.807, 2.05) is 51.8 Å². The monoisotopic (exact) mass is 467 g/mol. The lowest BCUT2D eigenvalue weighted by Gasteiger charge is -2.32. The van der Waals surface area contributed by atoms with Crippen molar-refractivity contribution in [1.82, 2.24) is 4.90 Å². The SMILES string of the molecule is CC#CC[C@H](C)[C@H](O)C=C[C@@H]1[C@H]2c3cccc(CCCC(=O)N(C)C(C)(C)C)c3O[C@H]2C[C@H]1O. The van der Waals surface area contributed by atoms with Crippen LogP contribution in [0.3, 0.4) is 0 Å². The lowest BCUT2D eigenvalue weighted by atomic mass is 9.86. The number of carbonyl (C=O) groups excluding carboxylic acids is 1. The molecule has 34 heavy (non-hydrogen) atoms. The standard InChI is InChI=1S/C29H41NO4/c1-7-8-11-19(2)23(31)17-16-21-24(32)18-25-27(21)22-14-9-12-20(28(22)34-25)13-10-15-26(33)30(6)29(3,4)5/h9,12,14,16-17,19,21,23-25,27,31-32H,10-11,13,15,18H2,1-6H3/t19-,21-,23+,24+,25-,27-/m0/s1. The number of ether oxygens (including phenoxy) is 1. The van der Waals surface area contributed by atoms with E-state index in [2.05, 4.69) is 30.0 Å². The molecule has 0 unspecified atom stereocenters. The number of benzene rings is 1. The van der Waals surface area contributed by atoms with E-state index in [0.717, 1.165) is 29.7 Å². The maximum atomic E-state index is 12.5. The van der Waals surface area contributed by atoms with Crippen LogP contribution in [0.1, 0.15) is 77.3 Å². The second-order valence-electron chi connectivity index (χ2n) is 10.9. The van der Waals surface area contributed by atoms with Gasteiger partial charge in [0.25, 0.3) is 0 Å². The third kappa shape index (κ3) is 5.85. The molecule has 5 heteroatoms. The molecule has 2 N–H and O–H groups in total. The highest BCUT2D eigenvalue weighted by atomic mass is 16.5. The van der Waals surface area contributed by atoms with Gasteiger partial charge >= 0.3 is 0 Å². The number of hydrogen-bond acceptors (Lipinski definition) is 4. The Morgan fingerprint density at radius 3 is 2.76 bits per heavy atom. The molecule has 5 nitrogen and oxygen atoms in total. The summed E-state index contributed by atoms with van der Waals surface area (Å²) >= 11 is 0. The van der Waals surface area contributed by atoms with Gasteiger partial charge in [0.1, 0.15) is 11.9 Å². The molecule has 3 rings (SSSR count). The largest absolute Gasteiger partial charge is 0.489 e. The molecule has 2 aliphatic rings. The van der Waals surface area contributed by atoms with Gasteiger partial charge in [0.15, 0.2) is 0 Å². The fraction of sp³-hybridized carbons (Fsp3) is 0.621. The van der Waals surface area contributed by atoms with Gasteiger partial charge in [-0.2, -0.15) is 0 Å². The van der Waals surface area contributed by atoms with Gasteiger partial charge in [-0.15, -0.1) is 11.8 Å². The van der Waals surface area contributed by atoms with Gasteiger partial charge in [-0.05, 0) is 52.0 Å². The Morgan fingerprint density at radius 1 is 1.35 bits per heavy atom. The first kappa shape index (κ1) is 26.3. The molecule has 6 atom stereocenters. The van der Waals surface area contributed by atoms with Crippen LogP contribution >= 0.6 is 0 Å². The molecule has 0 saturated heterocycles. The Bertz CT molecular complexity index is 951. The molecule has 1 aromatic rings. The zero-order valence-corrected chi connectivity index (χ0v) is 21.5. The molecular formula is C29H41NO4. The second kappa shape index (κ2) is 11.0. The van der Waals surface area contributed by atoms with E-state index in [4.69, 9.17) is 4.74 Å². The molecule has 1 heterocycles. The number of amides is 1. The smallest absolute Gasteiger partial charge is 0.222 e. The van der Waals surface area contributed by atoms with Gasteiger partial charge in [-0.25, -0.2) is 0 Å². The summed E-state index contributed by atoms with van der Waals surface area (Å²) in [6.45, 7) is 9.91. The Labute approximate surface area is 205 Å². The first-order valence-corrected chi connectivity index (χ1v) is 12.5. The van der Waals surface area contributed by atoms with E-state index in [-0.39, 0.29) is 35.3 Å². The molecule has 1 amide bonds. The maximum absolute atomic E-state index is 12.5. The molecule has 1 aliphatic carbocycles. The van der Waals surface area contributed by atoms with Crippen molar-refractivity contribution in [2.24, 2.45) is 11.8 Å². The summed E-state index contributed by atoms with van der Waals surface area (Å²) in [4.78, 5) is 14.3. The van der Waals surface area contributed by atoms with Crippen molar-refractivity contribution >= 4 is 5.91 Å². The third-order valence-corrected chi connectivity index (χ3v) is 7.42. The minimum atomic E-state index is -0.594. The molecule has 0 radical (unpaired) electrons. The van der Waals surface area contributed by atoms with Crippen LogP contribution < -0.4 is 4.74 Å². The van der Waals surface area contributed by atoms with Crippen LogP contribution in [0.2, 0.25) is 0 Å². The number of rotatable bonds is 8. The van der Waals surface area contributed by atoms with Gasteiger partial charge in [-0.1, -0.05) is 37.3 Å². The number of aliphatic hydroxyl groups is 2. The number of aliphatic hydroxyl groups excluding tert-OH is 2. The van der Waals surface area contributed by atoms with E-state index < -0.39 is 12.2 Å². The molecular weight excluding hydrogens is 426 g/mol. The summed E-state index contributed by atoms with van der Waals surface area (Å²) in [6.07, 6.45) is 5.92. The number of fused-ring (bicyclic) bond motifs is 3. The number of para-hydroxylation sites is 1. The van der Waals surface area contributed by atoms with E-state index in [1.165, 1.54) is 0 Å². The summed E-state index contributed by atoms with van der Waals surface area (Å²) < 4.78 is 6.36. The predicted molar refractivity (Wildman–Crippen MR) is 136 cm³/mol. The van der Waals surface area contributed by atoms with Crippen molar-refractivity contribution in [2.75, 3.05) is 7.05 Å². The summed E-state index contributed by atoms with van der Waals surface area (Å²) in [7, 11) is 1.86. The Hall–Kier alpha value is -2.29. The normalized spacial score (nSPS) is 25.2. The molecule has 1 saturated carbocycles. The fourth-order valence-corrected chi connectivity index (χ4v) is 4.95. The van der Waals surface area contributed by atoms with Crippen molar-refractivity contribution in [3.8, 4) is 17.6 Å². The number of nitrogens with zero attached hydrogens (tertiary/aromatic N) is 1. The molecule has 0 spiro atoms. The minimum absolute atomic E-state index is 0.0387. The zero-order valence-electron chi connectivity index (χ0n) is 21.5. The number of aryl methyl sites for hydroxylation is 1. The van der Waals surface area contributed by atoms with E-state index in [9.17, 15) is 15.0 Å². The second-order valence-corrected chi connectivity index (χ2v) is 10.9. The number of hydrogen-bond donors (Lipinski definition) is 2. The summed E-state index contributed by atoms with van der Waals surface area (Å²) in [5.41, 5.74) is 2.08. The Morgan fingerprint density at radius 2 is 2.09 bits per heavy atom. The van der Waals surface area contributed by atoms with Gasteiger partial charge in [0, 0.05) is 49.2 Å². The zero-order chi connectivity index (χ0) is 25.0. The van der Waals surface area contributed by atoms with Crippen molar-refractivity contribution in [1.29, 1.82) is 0 Å². The Kier molecular flexibility index (Phi) is 8.49. The molecule has 1 aliphatic heterocycles. The maximum Gasteiger partial charge on any atom is 0.222 e. The Balaban J connectivity index is 1.68. The van der Waals surface area contributed by atoms with E-state index in [0.29, 0.717) is 19.3 Å². The average molecular weight is 468 g/mol. The summed E-state index contributed by atoms with van der Waals surface area (Å²) in [6, 6.07) is 6.23. The molecule has 0 aromatic heterocycles. The molecule has 1 fully saturated rings. The minimum Gasteiger partial charge on any atom is -0.489 e. The first-order chi connectivity index (χ1) is 16.0. The fourth-order valence-electron chi connectivity index (χ4n) is 4.95. The first-order valence-electron chi connectivity index (χ1n) is 12.5. The van der Waals surface area contributed by atoms with Crippen LogP contribution in [0.4, 0.5) is 0 Å². The van der Waals surface area contributed by atoms with Gasteiger partial charge in [-0.3, -0.25) is 4.79 Å². The molecule has 0 bridgehead atoms. The van der Waals surface area contributed by atoms with Crippen molar-refractivity contribution in [2.45, 2.75) is 96.5 Å². The van der Waals surface area contributed by atoms with Gasteiger partial charge < -0.3 is 19.8 Å². The van der Waals surface area contributed by atoms with Crippen molar-refractivity contribution in [3.63, 3.8) is 0 Å². The van der Waals surface area contributed by atoms with Crippen LogP contribution in [-0.2, 0) is 11.2 Å². The van der Waals surface area contributed by atoms with Crippen LogP contribution in [0.15, 0.2) is 30.4 Å². The van der Waals surface area contributed by atoms with E-state index in [1.54, 1.807) is 6.92 Å². The highest BCUT2D eigenvalue weighted by molar-refractivity contribution is 5.76. The van der Waals surface area contributed by atoms with Crippen LogP contribution in [0, 0.1) is 23.7 Å². The topological polar surface area (TPSA) is 70.0 Å². The number of carbonyl (C=O) groups is 1. The molecule has 1 aromatic carbocycles. The lowest BCUT2D eigenvalue weighted by Crippen LogP contribution is -2.42. The van der Waals surface area contributed by atoms with Crippen molar-refractivity contribution in [3.05, 3.63) is 41.5 Å². The van der Waals surface area contributed by atoms with Crippen LogP contribution in [-0.4, -0.2) is 51.9 Å². The highest BCUT2D eigenvalue weighted by Gasteiger charge is 2.48. The van der Waals surface area contributed by atoms with Gasteiger partial charge in [0.2, 0.25) is 5.91 Å². The summed E-state index contributed by atoms with van der Waals surface area (Å²) in [5.74, 6) is 7.00. The average Bonchev–Trinajstić information content (AvgIpc) is 3.29. The molecule has 186 valence electrons. The lowest BCUT2D eigenvalue weighted by molar-refractivity contribution is -0.134. The summed E-state index contributed by atoms with van der Waals surface area (Å²) in [5, 5.41) is 21.2. The van der Waals surface area contributed by atoms with Gasteiger partial charge in [0.05, 0.1) is 12.2 Å². The van der Waals surface area contributed by atoms with Crippen LogP contribution in [0.5, 0.6) is 5.75 Å².